The Labute approximate surface area is 115 Å². The highest BCUT2D eigenvalue weighted by Crippen LogP contribution is 2.32. The lowest BCUT2D eigenvalue weighted by atomic mass is 9.80. The molecule has 0 aliphatic heterocycles. The van der Waals surface area contributed by atoms with Gasteiger partial charge in [-0.25, -0.2) is 8.78 Å². The summed E-state index contributed by atoms with van der Waals surface area (Å²) in [4.78, 5) is 1.67. The third kappa shape index (κ3) is 6.90. The van der Waals surface area contributed by atoms with Crippen LogP contribution in [0.5, 0.6) is 0 Å². The highest BCUT2D eigenvalue weighted by molar-refractivity contribution is 7.80. The van der Waals surface area contributed by atoms with Crippen LogP contribution in [0.15, 0.2) is 0 Å². The first-order valence-electron chi connectivity index (χ1n) is 6.75. The van der Waals surface area contributed by atoms with Crippen LogP contribution in [0, 0.1) is 5.41 Å². The van der Waals surface area contributed by atoms with Gasteiger partial charge in [0.1, 0.15) is 0 Å². The average molecular weight is 283 g/mol. The topological polar surface area (TPSA) is 23.5 Å². The number of thiol groups is 1. The van der Waals surface area contributed by atoms with Crippen molar-refractivity contribution in [2.45, 2.75) is 46.0 Å². The van der Waals surface area contributed by atoms with Crippen molar-refractivity contribution in [2.75, 3.05) is 32.0 Å². The van der Waals surface area contributed by atoms with Crippen molar-refractivity contribution in [3.63, 3.8) is 0 Å². The van der Waals surface area contributed by atoms with Crippen LogP contribution in [0.4, 0.5) is 8.78 Å². The minimum atomic E-state index is -2.35. The molecule has 0 rings (SSSR count). The van der Waals surface area contributed by atoms with Gasteiger partial charge in [-0.1, -0.05) is 26.7 Å². The molecular weight excluding hydrogens is 256 g/mol. The third-order valence-corrected chi connectivity index (χ3v) is 3.94. The standard InChI is InChI=1S/C13H27F2NOS/c1-3-5-13(11-18,6-4-2)10-16(7-8-17)9-12(14)15/h12,17-18H,3-11H2,1-2H3. The molecule has 5 heteroatoms. The van der Waals surface area contributed by atoms with Gasteiger partial charge in [-0.2, -0.15) is 12.6 Å². The fourth-order valence-corrected chi connectivity index (χ4v) is 3.01. The van der Waals surface area contributed by atoms with Gasteiger partial charge in [-0.15, -0.1) is 0 Å². The smallest absolute Gasteiger partial charge is 0.251 e. The zero-order valence-corrected chi connectivity index (χ0v) is 12.4. The Bertz CT molecular complexity index is 199. The molecule has 0 aromatic carbocycles. The number of nitrogens with zero attached hydrogens (tertiary/aromatic N) is 1. The molecule has 0 saturated heterocycles. The highest BCUT2D eigenvalue weighted by Gasteiger charge is 2.30. The van der Waals surface area contributed by atoms with Crippen molar-refractivity contribution in [1.29, 1.82) is 0 Å². The molecule has 0 aliphatic rings. The maximum atomic E-state index is 12.5. The summed E-state index contributed by atoms with van der Waals surface area (Å²) in [6.07, 6.45) is 1.70. The van der Waals surface area contributed by atoms with Crippen LogP contribution in [0.25, 0.3) is 0 Å². The molecule has 110 valence electrons. The Balaban J connectivity index is 4.65. The monoisotopic (exact) mass is 283 g/mol. The van der Waals surface area contributed by atoms with Crippen molar-refractivity contribution in [2.24, 2.45) is 5.41 Å². The Kier molecular flexibility index (Phi) is 10.1. The molecule has 18 heavy (non-hydrogen) atoms. The van der Waals surface area contributed by atoms with E-state index in [1.54, 1.807) is 4.90 Å². The molecule has 0 aliphatic carbocycles. The number of hydrogen-bond donors (Lipinski definition) is 2. The van der Waals surface area contributed by atoms with Crippen LogP contribution in [-0.2, 0) is 0 Å². The van der Waals surface area contributed by atoms with E-state index in [1.165, 1.54) is 0 Å². The predicted octanol–water partition coefficient (Wildman–Crippen LogP) is 3.06. The van der Waals surface area contributed by atoms with Crippen LogP contribution in [0.3, 0.4) is 0 Å². The predicted molar refractivity (Wildman–Crippen MR) is 75.6 cm³/mol. The zero-order valence-electron chi connectivity index (χ0n) is 11.5. The number of alkyl halides is 2. The van der Waals surface area contributed by atoms with Gasteiger partial charge in [0, 0.05) is 13.1 Å². The van der Waals surface area contributed by atoms with Gasteiger partial charge in [-0.3, -0.25) is 4.90 Å². The maximum Gasteiger partial charge on any atom is 0.251 e. The Morgan fingerprint density at radius 1 is 1.22 bits per heavy atom. The SMILES string of the molecule is CCCC(CS)(CCC)CN(CCO)CC(F)F. The largest absolute Gasteiger partial charge is 0.395 e. The molecule has 0 aromatic heterocycles. The molecule has 0 atom stereocenters. The summed E-state index contributed by atoms with van der Waals surface area (Å²) in [6, 6.07) is 0. The molecule has 2 nitrogen and oxygen atoms in total. The number of hydrogen-bond acceptors (Lipinski definition) is 3. The van der Waals surface area contributed by atoms with Gasteiger partial charge in [-0.05, 0) is 24.0 Å². The van der Waals surface area contributed by atoms with Crippen molar-refractivity contribution in [1.82, 2.24) is 4.90 Å². The van der Waals surface area contributed by atoms with Crippen LogP contribution in [-0.4, -0.2) is 48.4 Å². The van der Waals surface area contributed by atoms with Crippen LogP contribution >= 0.6 is 12.6 Å². The molecule has 0 radical (unpaired) electrons. The van der Waals surface area contributed by atoms with E-state index >= 15 is 0 Å². The summed E-state index contributed by atoms with van der Waals surface area (Å²) < 4.78 is 25.0. The van der Waals surface area contributed by atoms with E-state index < -0.39 is 6.43 Å². The Hall–Kier alpha value is 0.130. The molecule has 0 saturated carbocycles. The van der Waals surface area contributed by atoms with Crippen molar-refractivity contribution >= 4 is 12.6 Å². The van der Waals surface area contributed by atoms with Crippen LogP contribution in [0.2, 0.25) is 0 Å². The van der Waals surface area contributed by atoms with Crippen molar-refractivity contribution < 1.29 is 13.9 Å². The van der Waals surface area contributed by atoms with E-state index in [2.05, 4.69) is 26.5 Å². The molecule has 0 unspecified atom stereocenters. The lowest BCUT2D eigenvalue weighted by Gasteiger charge is -2.37. The van der Waals surface area contributed by atoms with E-state index in [-0.39, 0.29) is 18.6 Å². The third-order valence-electron chi connectivity index (χ3n) is 3.27. The van der Waals surface area contributed by atoms with E-state index in [0.717, 1.165) is 25.7 Å². The van der Waals surface area contributed by atoms with E-state index in [4.69, 9.17) is 5.11 Å². The minimum absolute atomic E-state index is 0.00330. The van der Waals surface area contributed by atoms with Gasteiger partial charge in [0.2, 0.25) is 0 Å². The van der Waals surface area contributed by atoms with Crippen LogP contribution < -0.4 is 0 Å². The maximum absolute atomic E-state index is 12.5. The summed E-state index contributed by atoms with van der Waals surface area (Å²) in [5.74, 6) is 0.708. The van der Waals surface area contributed by atoms with Crippen molar-refractivity contribution in [3.8, 4) is 0 Å². The number of halogens is 2. The average Bonchev–Trinajstić information content (AvgIpc) is 2.29. The lowest BCUT2D eigenvalue weighted by Crippen LogP contribution is -2.42. The van der Waals surface area contributed by atoms with E-state index in [0.29, 0.717) is 18.8 Å². The quantitative estimate of drug-likeness (QED) is 0.569. The second kappa shape index (κ2) is 9.98. The Morgan fingerprint density at radius 3 is 2.11 bits per heavy atom. The lowest BCUT2D eigenvalue weighted by molar-refractivity contribution is 0.0508. The fourth-order valence-electron chi connectivity index (χ4n) is 2.60. The molecule has 1 N–H and O–H groups in total. The second-order valence-corrected chi connectivity index (χ2v) is 5.32. The first-order valence-corrected chi connectivity index (χ1v) is 7.39. The van der Waals surface area contributed by atoms with Gasteiger partial charge in [0.05, 0.1) is 13.2 Å². The summed E-state index contributed by atoms with van der Waals surface area (Å²) >= 11 is 4.43. The van der Waals surface area contributed by atoms with Gasteiger partial charge >= 0.3 is 0 Å². The first-order chi connectivity index (χ1) is 8.53. The van der Waals surface area contributed by atoms with E-state index in [1.807, 2.05) is 0 Å². The summed E-state index contributed by atoms with van der Waals surface area (Å²) in [5, 5.41) is 8.97. The summed E-state index contributed by atoms with van der Waals surface area (Å²) in [6.45, 7) is 4.79. The molecular formula is C13H27F2NOS. The molecule has 0 bridgehead atoms. The molecule has 0 fully saturated rings. The van der Waals surface area contributed by atoms with Gasteiger partial charge in [0.15, 0.2) is 0 Å². The summed E-state index contributed by atoms with van der Waals surface area (Å²) in [5.41, 5.74) is -0.00330. The zero-order chi connectivity index (χ0) is 14.0. The molecule has 0 spiro atoms. The van der Waals surface area contributed by atoms with E-state index in [9.17, 15) is 8.78 Å². The number of rotatable bonds is 11. The van der Waals surface area contributed by atoms with Gasteiger partial charge in [0.25, 0.3) is 6.43 Å². The minimum Gasteiger partial charge on any atom is -0.395 e. The molecule has 0 heterocycles. The normalized spacial score (nSPS) is 12.7. The fraction of sp³-hybridized carbons (Fsp3) is 1.00. The van der Waals surface area contributed by atoms with Gasteiger partial charge < -0.3 is 5.11 Å². The van der Waals surface area contributed by atoms with Crippen LogP contribution in [0.1, 0.15) is 39.5 Å². The van der Waals surface area contributed by atoms with Crippen molar-refractivity contribution in [3.05, 3.63) is 0 Å². The first kappa shape index (κ1) is 18.1. The molecule has 0 amide bonds. The second-order valence-electron chi connectivity index (χ2n) is 5.01. The number of aliphatic hydroxyl groups is 1. The summed E-state index contributed by atoms with van der Waals surface area (Å²) in [7, 11) is 0. The highest BCUT2D eigenvalue weighted by atomic mass is 32.1. The Morgan fingerprint density at radius 2 is 1.78 bits per heavy atom. The molecule has 0 aromatic rings. The number of aliphatic hydroxyl groups excluding tert-OH is 1.